The summed E-state index contributed by atoms with van der Waals surface area (Å²) in [6.07, 6.45) is 0.941. The molecule has 2 aliphatic rings. The molecule has 1 saturated heterocycles. The van der Waals surface area contributed by atoms with Crippen LogP contribution in [0.3, 0.4) is 0 Å². The Morgan fingerprint density at radius 3 is 1.89 bits per heavy atom. The number of carbonyl (C=O) groups is 4. The van der Waals surface area contributed by atoms with Crippen molar-refractivity contribution in [1.29, 1.82) is 0 Å². The Bertz CT molecular complexity index is 856. The summed E-state index contributed by atoms with van der Waals surface area (Å²) in [6, 6.07) is 4.10. The largest absolute Gasteiger partial charge is 0.465 e. The number of hydrogen-bond donors (Lipinski definition) is 1. The van der Waals surface area contributed by atoms with Crippen molar-refractivity contribution in [3.63, 3.8) is 0 Å². The van der Waals surface area contributed by atoms with Crippen molar-refractivity contribution in [3.05, 3.63) is 29.3 Å². The molecule has 1 heterocycles. The SMILES string of the molecule is COC(=O)c1cc(NC(=O)[C@]23CC[C@@](C)(C(=O)O2)C3(C)C)cc(C(=O)OC)c1. The monoisotopic (exact) mass is 389 g/mol. The van der Waals surface area contributed by atoms with Gasteiger partial charge in [0.1, 0.15) is 0 Å². The van der Waals surface area contributed by atoms with Gasteiger partial charge in [0, 0.05) is 11.1 Å². The Hall–Kier alpha value is -2.90. The van der Waals surface area contributed by atoms with Gasteiger partial charge in [-0.3, -0.25) is 9.59 Å². The lowest BCUT2D eigenvalue weighted by Crippen LogP contribution is -2.50. The maximum absolute atomic E-state index is 13.2. The highest BCUT2D eigenvalue weighted by atomic mass is 16.6. The van der Waals surface area contributed by atoms with Gasteiger partial charge < -0.3 is 19.5 Å². The number of nitrogens with one attached hydrogen (secondary N) is 1. The topological polar surface area (TPSA) is 108 Å². The van der Waals surface area contributed by atoms with Crippen molar-refractivity contribution < 1.29 is 33.4 Å². The van der Waals surface area contributed by atoms with Crippen molar-refractivity contribution in [3.8, 4) is 0 Å². The van der Waals surface area contributed by atoms with Crippen LogP contribution in [-0.4, -0.2) is 43.6 Å². The van der Waals surface area contributed by atoms with Gasteiger partial charge in [0.15, 0.2) is 5.60 Å². The normalized spacial score (nSPS) is 27.1. The molecule has 1 aliphatic heterocycles. The standard InChI is InChI=1S/C20H23NO7/c1-18(2)19(3)6-7-20(18,28-17(19)25)16(24)21-13-9-11(14(22)26-4)8-12(10-13)15(23)27-5/h8-10H,6-7H2,1-5H3,(H,21,24)/t19-,20-/m0/s1. The van der Waals surface area contributed by atoms with Gasteiger partial charge in [-0.25, -0.2) is 9.59 Å². The Kier molecular flexibility index (Phi) is 4.48. The van der Waals surface area contributed by atoms with E-state index in [0.29, 0.717) is 12.8 Å². The first-order valence-corrected chi connectivity index (χ1v) is 8.89. The van der Waals surface area contributed by atoms with E-state index in [1.54, 1.807) is 0 Å². The highest BCUT2D eigenvalue weighted by Gasteiger charge is 2.75. The molecule has 2 atom stereocenters. The predicted octanol–water partition coefficient (Wildman–Crippen LogP) is 2.32. The van der Waals surface area contributed by atoms with Crippen LogP contribution in [0.2, 0.25) is 0 Å². The van der Waals surface area contributed by atoms with Crippen LogP contribution in [0.15, 0.2) is 18.2 Å². The second-order valence-electron chi connectivity index (χ2n) is 7.91. The smallest absolute Gasteiger partial charge is 0.337 e. The number of fused-ring (bicyclic) bond motifs is 2. The second-order valence-corrected chi connectivity index (χ2v) is 7.91. The molecular weight excluding hydrogens is 366 g/mol. The summed E-state index contributed by atoms with van der Waals surface area (Å²) >= 11 is 0. The minimum absolute atomic E-state index is 0.0807. The third-order valence-corrected chi connectivity index (χ3v) is 6.48. The van der Waals surface area contributed by atoms with Crippen LogP contribution in [0.1, 0.15) is 54.3 Å². The fourth-order valence-electron chi connectivity index (χ4n) is 4.15. The second kappa shape index (κ2) is 6.32. The van der Waals surface area contributed by atoms with Crippen molar-refractivity contribution in [1.82, 2.24) is 0 Å². The molecular formula is C20H23NO7. The van der Waals surface area contributed by atoms with Crippen LogP contribution in [0.25, 0.3) is 0 Å². The molecule has 0 spiro atoms. The number of esters is 3. The Morgan fingerprint density at radius 2 is 1.50 bits per heavy atom. The van der Waals surface area contributed by atoms with Crippen LogP contribution >= 0.6 is 0 Å². The molecule has 0 unspecified atom stereocenters. The first-order chi connectivity index (χ1) is 13.0. The van der Waals surface area contributed by atoms with Gasteiger partial charge in [0.25, 0.3) is 5.91 Å². The first kappa shape index (κ1) is 19.9. The van der Waals surface area contributed by atoms with Gasteiger partial charge in [-0.15, -0.1) is 0 Å². The fourth-order valence-corrected chi connectivity index (χ4v) is 4.15. The lowest BCUT2D eigenvalue weighted by atomic mass is 9.66. The van der Waals surface area contributed by atoms with Gasteiger partial charge in [-0.1, -0.05) is 13.8 Å². The molecule has 1 aromatic carbocycles. The van der Waals surface area contributed by atoms with Gasteiger partial charge >= 0.3 is 17.9 Å². The summed E-state index contributed by atoms with van der Waals surface area (Å²) in [5, 5.41) is 2.70. The van der Waals surface area contributed by atoms with Crippen LogP contribution in [-0.2, 0) is 23.8 Å². The molecule has 2 bridgehead atoms. The van der Waals surface area contributed by atoms with Gasteiger partial charge in [0.05, 0.1) is 30.8 Å². The predicted molar refractivity (Wildman–Crippen MR) is 97.7 cm³/mol. The van der Waals surface area contributed by atoms with Gasteiger partial charge in [-0.2, -0.15) is 0 Å². The van der Waals surface area contributed by atoms with Crippen LogP contribution in [0.5, 0.6) is 0 Å². The summed E-state index contributed by atoms with van der Waals surface area (Å²) < 4.78 is 15.0. The molecule has 8 heteroatoms. The van der Waals surface area contributed by atoms with Crippen LogP contribution in [0, 0.1) is 10.8 Å². The lowest BCUT2D eigenvalue weighted by molar-refractivity contribution is -0.165. The number of anilines is 1. The Labute approximate surface area is 162 Å². The molecule has 1 amide bonds. The molecule has 8 nitrogen and oxygen atoms in total. The summed E-state index contributed by atoms with van der Waals surface area (Å²) in [7, 11) is 2.43. The zero-order chi connectivity index (χ0) is 20.9. The van der Waals surface area contributed by atoms with E-state index in [9.17, 15) is 19.2 Å². The third-order valence-electron chi connectivity index (χ3n) is 6.48. The summed E-state index contributed by atoms with van der Waals surface area (Å²) in [4.78, 5) is 49.4. The van der Waals surface area contributed by atoms with Crippen LogP contribution < -0.4 is 5.32 Å². The zero-order valence-electron chi connectivity index (χ0n) is 16.5. The van der Waals surface area contributed by atoms with E-state index in [-0.39, 0.29) is 16.8 Å². The number of amides is 1. The van der Waals surface area contributed by atoms with E-state index < -0.39 is 40.2 Å². The lowest BCUT2D eigenvalue weighted by Gasteiger charge is -2.35. The van der Waals surface area contributed by atoms with Crippen LogP contribution in [0.4, 0.5) is 5.69 Å². The van der Waals surface area contributed by atoms with Crippen molar-refractivity contribution in [2.24, 2.45) is 10.8 Å². The summed E-state index contributed by atoms with van der Waals surface area (Å²) in [6.45, 7) is 5.50. The first-order valence-electron chi connectivity index (χ1n) is 8.89. The molecule has 1 aromatic rings. The van der Waals surface area contributed by atoms with Crippen molar-refractivity contribution in [2.75, 3.05) is 19.5 Å². The van der Waals surface area contributed by atoms with E-state index in [4.69, 9.17) is 14.2 Å². The van der Waals surface area contributed by atoms with Gasteiger partial charge in [0.2, 0.25) is 0 Å². The number of carbonyl (C=O) groups excluding carboxylic acids is 4. The molecule has 2 fully saturated rings. The highest BCUT2D eigenvalue weighted by Crippen LogP contribution is 2.65. The average Bonchev–Trinajstić information content (AvgIpc) is 2.96. The Balaban J connectivity index is 1.98. The van der Waals surface area contributed by atoms with E-state index >= 15 is 0 Å². The summed E-state index contributed by atoms with van der Waals surface area (Å²) in [5.41, 5.74) is -2.41. The van der Waals surface area contributed by atoms with E-state index in [1.807, 2.05) is 20.8 Å². The number of methoxy groups -OCH3 is 2. The molecule has 1 aliphatic carbocycles. The number of hydrogen-bond acceptors (Lipinski definition) is 7. The minimum Gasteiger partial charge on any atom is -0.465 e. The van der Waals surface area contributed by atoms with Crippen molar-refractivity contribution in [2.45, 2.75) is 39.2 Å². The third kappa shape index (κ3) is 2.51. The number of ether oxygens (including phenoxy) is 3. The molecule has 0 radical (unpaired) electrons. The van der Waals surface area contributed by atoms with E-state index in [2.05, 4.69) is 5.32 Å². The molecule has 1 saturated carbocycles. The zero-order valence-corrected chi connectivity index (χ0v) is 16.5. The molecule has 28 heavy (non-hydrogen) atoms. The molecule has 150 valence electrons. The minimum atomic E-state index is -1.31. The number of benzene rings is 1. The van der Waals surface area contributed by atoms with Crippen molar-refractivity contribution >= 4 is 29.5 Å². The quantitative estimate of drug-likeness (QED) is 0.622. The summed E-state index contributed by atoms with van der Waals surface area (Å²) in [5.74, 6) is -2.22. The molecule has 3 rings (SSSR count). The highest BCUT2D eigenvalue weighted by molar-refractivity contribution is 6.05. The van der Waals surface area contributed by atoms with E-state index in [1.165, 1.54) is 32.4 Å². The molecule has 1 N–H and O–H groups in total. The van der Waals surface area contributed by atoms with E-state index in [0.717, 1.165) is 0 Å². The number of rotatable bonds is 4. The molecule has 0 aromatic heterocycles. The maximum atomic E-state index is 13.2. The average molecular weight is 389 g/mol. The fraction of sp³-hybridized carbons (Fsp3) is 0.500. The van der Waals surface area contributed by atoms with Gasteiger partial charge in [-0.05, 0) is 38.0 Å². The maximum Gasteiger partial charge on any atom is 0.337 e. The Morgan fingerprint density at radius 1 is 0.964 bits per heavy atom.